The molecule has 11 heavy (non-hydrogen) atoms. The van der Waals surface area contributed by atoms with Gasteiger partial charge in [0, 0.05) is 0 Å². The maximum absolute atomic E-state index is 10.6. The fourth-order valence-electron chi connectivity index (χ4n) is 0.620. The number of rotatable bonds is 1. The van der Waals surface area contributed by atoms with Gasteiger partial charge in [-0.25, -0.2) is 4.98 Å². The summed E-state index contributed by atoms with van der Waals surface area (Å²) in [6.45, 7) is 0. The average Bonchev–Trinajstić information content (AvgIpc) is 1.94. The van der Waals surface area contributed by atoms with Gasteiger partial charge in [0.1, 0.15) is 10.4 Å². The van der Waals surface area contributed by atoms with Crippen LogP contribution in [0.4, 0.5) is 0 Å². The third-order valence-electron chi connectivity index (χ3n) is 1.12. The molecule has 1 aromatic rings. The molecule has 3 N–H and O–H groups in total. The molecule has 0 radical (unpaired) electrons. The first-order valence-electron chi connectivity index (χ1n) is 2.75. The normalized spacial score (nSPS) is 9.55. The van der Waals surface area contributed by atoms with E-state index in [1.165, 1.54) is 6.07 Å². The second-order valence-electron chi connectivity index (χ2n) is 1.89. The molecular weight excluding hydrogens is 212 g/mol. The zero-order chi connectivity index (χ0) is 8.43. The van der Waals surface area contributed by atoms with Crippen LogP contribution in [-0.4, -0.2) is 16.0 Å². The lowest BCUT2D eigenvalue weighted by Gasteiger charge is -1.98. The van der Waals surface area contributed by atoms with Crippen LogP contribution in [-0.2, 0) is 0 Å². The first-order chi connectivity index (χ1) is 5.11. The highest BCUT2D eigenvalue weighted by molar-refractivity contribution is 9.10. The number of halogens is 1. The van der Waals surface area contributed by atoms with Crippen molar-refractivity contribution in [3.05, 3.63) is 22.4 Å². The van der Waals surface area contributed by atoms with Crippen LogP contribution in [0.1, 0.15) is 10.4 Å². The standard InChI is InChI=1S/C6H5BrN2O2/c7-5-1-3(6(8)11)4(10)2-9-5/h1-2,10H,(H2,8,11). The molecule has 5 heteroatoms. The summed E-state index contributed by atoms with van der Waals surface area (Å²) < 4.78 is 0.462. The van der Waals surface area contributed by atoms with Crippen molar-refractivity contribution in [1.29, 1.82) is 0 Å². The molecule has 0 atom stereocenters. The SMILES string of the molecule is NC(=O)c1cc(Br)ncc1O. The van der Waals surface area contributed by atoms with Crippen molar-refractivity contribution < 1.29 is 9.90 Å². The first kappa shape index (κ1) is 8.00. The monoisotopic (exact) mass is 216 g/mol. The molecule has 58 valence electrons. The van der Waals surface area contributed by atoms with Crippen LogP contribution in [0, 0.1) is 0 Å². The van der Waals surface area contributed by atoms with Gasteiger partial charge in [0.2, 0.25) is 0 Å². The maximum atomic E-state index is 10.6. The van der Waals surface area contributed by atoms with Crippen LogP contribution in [0.2, 0.25) is 0 Å². The Balaban J connectivity index is 3.23. The summed E-state index contributed by atoms with van der Waals surface area (Å²) in [4.78, 5) is 14.3. The van der Waals surface area contributed by atoms with Crippen LogP contribution >= 0.6 is 15.9 Å². The number of aromatic hydroxyl groups is 1. The van der Waals surface area contributed by atoms with Crippen LogP contribution < -0.4 is 5.73 Å². The molecule has 0 spiro atoms. The number of amides is 1. The summed E-state index contributed by atoms with van der Waals surface area (Å²) in [5.41, 5.74) is 5.00. The minimum atomic E-state index is -0.675. The predicted molar refractivity (Wildman–Crippen MR) is 42.1 cm³/mol. The molecule has 0 saturated carbocycles. The zero-order valence-electron chi connectivity index (χ0n) is 5.41. The van der Waals surface area contributed by atoms with E-state index in [9.17, 15) is 4.79 Å². The number of aromatic nitrogens is 1. The molecule has 0 aromatic carbocycles. The summed E-state index contributed by atoms with van der Waals surface area (Å²) in [7, 11) is 0. The molecule has 1 rings (SSSR count). The molecule has 0 aliphatic heterocycles. The van der Waals surface area contributed by atoms with E-state index in [-0.39, 0.29) is 11.3 Å². The maximum Gasteiger partial charge on any atom is 0.252 e. The van der Waals surface area contributed by atoms with E-state index in [1.54, 1.807) is 0 Å². The lowest BCUT2D eigenvalue weighted by molar-refractivity contribution is 0.0997. The number of primary amides is 1. The van der Waals surface area contributed by atoms with Gasteiger partial charge in [0.25, 0.3) is 5.91 Å². The highest BCUT2D eigenvalue weighted by Crippen LogP contribution is 2.17. The lowest BCUT2D eigenvalue weighted by atomic mass is 10.2. The smallest absolute Gasteiger partial charge is 0.252 e. The number of nitrogens with two attached hydrogens (primary N) is 1. The Labute approximate surface area is 71.2 Å². The quantitative estimate of drug-likeness (QED) is 0.678. The minimum absolute atomic E-state index is 0.0619. The third-order valence-corrected chi connectivity index (χ3v) is 1.55. The Morgan fingerprint density at radius 2 is 2.36 bits per heavy atom. The second-order valence-corrected chi connectivity index (χ2v) is 2.70. The summed E-state index contributed by atoms with van der Waals surface area (Å²) in [6, 6.07) is 1.36. The number of hydrogen-bond donors (Lipinski definition) is 2. The van der Waals surface area contributed by atoms with Gasteiger partial charge >= 0.3 is 0 Å². The number of carbonyl (C=O) groups excluding carboxylic acids is 1. The van der Waals surface area contributed by atoms with Crippen LogP contribution in [0.3, 0.4) is 0 Å². The van der Waals surface area contributed by atoms with Gasteiger partial charge in [0.15, 0.2) is 0 Å². The molecule has 4 nitrogen and oxygen atoms in total. The van der Waals surface area contributed by atoms with E-state index in [4.69, 9.17) is 10.8 Å². The average molecular weight is 217 g/mol. The lowest BCUT2D eigenvalue weighted by Crippen LogP contribution is -2.11. The van der Waals surface area contributed by atoms with Crippen molar-refractivity contribution in [2.24, 2.45) is 5.73 Å². The molecule has 0 saturated heterocycles. The molecule has 1 heterocycles. The van der Waals surface area contributed by atoms with E-state index in [0.29, 0.717) is 4.60 Å². The van der Waals surface area contributed by atoms with Gasteiger partial charge in [-0.1, -0.05) is 0 Å². The van der Waals surface area contributed by atoms with Crippen molar-refractivity contribution in [1.82, 2.24) is 4.98 Å². The van der Waals surface area contributed by atoms with Crippen LogP contribution in [0.5, 0.6) is 5.75 Å². The van der Waals surface area contributed by atoms with Gasteiger partial charge in [-0.2, -0.15) is 0 Å². The van der Waals surface area contributed by atoms with Gasteiger partial charge in [-0.05, 0) is 22.0 Å². The van der Waals surface area contributed by atoms with Gasteiger partial charge in [-0.15, -0.1) is 0 Å². The number of hydrogen-bond acceptors (Lipinski definition) is 3. The summed E-state index contributed by atoms with van der Waals surface area (Å²) in [6.07, 6.45) is 1.16. The fraction of sp³-hybridized carbons (Fsp3) is 0. The number of carbonyl (C=O) groups is 1. The minimum Gasteiger partial charge on any atom is -0.505 e. The van der Waals surface area contributed by atoms with Crippen LogP contribution in [0.25, 0.3) is 0 Å². The predicted octanol–water partition coefficient (Wildman–Crippen LogP) is 0.649. The molecule has 1 aromatic heterocycles. The molecule has 0 aliphatic carbocycles. The van der Waals surface area contributed by atoms with E-state index in [0.717, 1.165) is 6.20 Å². The van der Waals surface area contributed by atoms with Crippen molar-refractivity contribution in [3.8, 4) is 5.75 Å². The van der Waals surface area contributed by atoms with Crippen molar-refractivity contribution in [2.75, 3.05) is 0 Å². The highest BCUT2D eigenvalue weighted by atomic mass is 79.9. The Morgan fingerprint density at radius 1 is 1.73 bits per heavy atom. The van der Waals surface area contributed by atoms with E-state index >= 15 is 0 Å². The Hall–Kier alpha value is -1.10. The molecular formula is C6H5BrN2O2. The van der Waals surface area contributed by atoms with Gasteiger partial charge in [-0.3, -0.25) is 4.79 Å². The third kappa shape index (κ3) is 1.68. The van der Waals surface area contributed by atoms with E-state index in [2.05, 4.69) is 20.9 Å². The molecule has 0 aliphatic rings. The molecule has 0 unspecified atom stereocenters. The number of pyridine rings is 1. The second kappa shape index (κ2) is 2.87. The molecule has 1 amide bonds. The molecule has 0 fully saturated rings. The van der Waals surface area contributed by atoms with Crippen molar-refractivity contribution in [2.45, 2.75) is 0 Å². The number of nitrogens with zero attached hydrogens (tertiary/aromatic N) is 1. The van der Waals surface area contributed by atoms with E-state index in [1.807, 2.05) is 0 Å². The topological polar surface area (TPSA) is 76.2 Å². The van der Waals surface area contributed by atoms with E-state index < -0.39 is 5.91 Å². The summed E-state index contributed by atoms with van der Waals surface area (Å²) >= 11 is 3.03. The van der Waals surface area contributed by atoms with Crippen molar-refractivity contribution in [3.63, 3.8) is 0 Å². The Bertz CT molecular complexity index is 301. The van der Waals surface area contributed by atoms with Gasteiger partial charge in [0.05, 0.1) is 11.8 Å². The van der Waals surface area contributed by atoms with Crippen LogP contribution in [0.15, 0.2) is 16.9 Å². The Kier molecular flexibility index (Phi) is 2.09. The summed E-state index contributed by atoms with van der Waals surface area (Å²) in [5.74, 6) is -0.883. The first-order valence-corrected chi connectivity index (χ1v) is 3.55. The largest absolute Gasteiger partial charge is 0.505 e. The molecule has 0 bridgehead atoms. The fourth-order valence-corrected chi connectivity index (χ4v) is 0.951. The summed E-state index contributed by atoms with van der Waals surface area (Å²) in [5, 5.41) is 9.02. The van der Waals surface area contributed by atoms with Crippen molar-refractivity contribution >= 4 is 21.8 Å². The Morgan fingerprint density at radius 3 is 2.82 bits per heavy atom. The van der Waals surface area contributed by atoms with Gasteiger partial charge < -0.3 is 10.8 Å². The highest BCUT2D eigenvalue weighted by Gasteiger charge is 2.07. The zero-order valence-corrected chi connectivity index (χ0v) is 7.00.